The number of hydrogen-bond acceptors (Lipinski definition) is 4. The summed E-state index contributed by atoms with van der Waals surface area (Å²) >= 11 is 0. The monoisotopic (exact) mass is 282 g/mol. The van der Waals surface area contributed by atoms with Crippen LogP contribution in [0.3, 0.4) is 0 Å². The lowest BCUT2D eigenvalue weighted by Gasteiger charge is -1.92. The van der Waals surface area contributed by atoms with Crippen molar-refractivity contribution in [3.05, 3.63) is 30.3 Å². The minimum absolute atomic E-state index is 0.0741. The first-order chi connectivity index (χ1) is 7.67. The molecule has 0 bridgehead atoms. The fourth-order valence-electron chi connectivity index (χ4n) is 0.850. The molecule has 0 unspecified atom stereocenters. The van der Waals surface area contributed by atoms with Crippen LogP contribution >= 0.6 is 0 Å². The zero-order valence-corrected chi connectivity index (χ0v) is 10.8. The van der Waals surface area contributed by atoms with E-state index in [-0.39, 0.29) is 10.6 Å². The Kier molecular flexibility index (Phi) is 6.32. The van der Waals surface area contributed by atoms with Gasteiger partial charge in [0.1, 0.15) is 0 Å². The number of rotatable bonds is 3. The molecule has 8 heteroatoms. The Hall–Kier alpha value is -0.960. The van der Waals surface area contributed by atoms with Crippen molar-refractivity contribution in [1.82, 2.24) is 0 Å². The van der Waals surface area contributed by atoms with Crippen LogP contribution in [-0.2, 0) is 20.2 Å². The normalized spacial score (nSPS) is 11.5. The van der Waals surface area contributed by atoms with Crippen LogP contribution in [0.15, 0.2) is 35.2 Å². The molecule has 0 fully saturated rings. The second-order valence-corrected chi connectivity index (χ2v) is 6.07. The van der Waals surface area contributed by atoms with Crippen molar-refractivity contribution in [3.63, 3.8) is 0 Å². The summed E-state index contributed by atoms with van der Waals surface area (Å²) in [5.74, 6) is -0.132. The Morgan fingerprint density at radius 3 is 1.65 bits per heavy atom. The van der Waals surface area contributed by atoms with E-state index in [4.69, 9.17) is 9.11 Å². The van der Waals surface area contributed by atoms with Gasteiger partial charge in [-0.1, -0.05) is 25.1 Å². The van der Waals surface area contributed by atoms with E-state index < -0.39 is 20.2 Å². The number of benzene rings is 1. The van der Waals surface area contributed by atoms with Gasteiger partial charge in [0.25, 0.3) is 20.2 Å². The molecule has 0 aliphatic heterocycles. The standard InChI is InChI=1S/C6H6O3S.C3H8O3S/c7-10(8,9)6-4-2-1-3-5-6;1-2-3-7(4,5)6/h1-5H,(H,7,8,9);2-3H2,1H3,(H,4,5,6). The lowest BCUT2D eigenvalue weighted by atomic mass is 10.4. The van der Waals surface area contributed by atoms with Crippen molar-refractivity contribution < 1.29 is 25.9 Å². The van der Waals surface area contributed by atoms with Gasteiger partial charge in [-0.05, 0) is 18.6 Å². The van der Waals surface area contributed by atoms with E-state index in [9.17, 15) is 16.8 Å². The van der Waals surface area contributed by atoms with Gasteiger partial charge in [0.05, 0.1) is 10.6 Å². The second kappa shape index (κ2) is 6.70. The molecule has 17 heavy (non-hydrogen) atoms. The molecule has 1 aromatic rings. The summed E-state index contributed by atoms with van der Waals surface area (Å²) in [4.78, 5) is -0.0741. The zero-order chi connectivity index (χ0) is 13.5. The summed E-state index contributed by atoms with van der Waals surface area (Å²) in [6.07, 6.45) is 0.471. The number of hydrogen-bond donors (Lipinski definition) is 2. The van der Waals surface area contributed by atoms with E-state index in [2.05, 4.69) is 0 Å². The Bertz CT molecular complexity index is 518. The smallest absolute Gasteiger partial charge is 0.286 e. The summed E-state index contributed by atoms with van der Waals surface area (Å²) in [6, 6.07) is 7.42. The van der Waals surface area contributed by atoms with E-state index >= 15 is 0 Å². The average Bonchev–Trinajstić information content (AvgIpc) is 2.17. The van der Waals surface area contributed by atoms with Gasteiger partial charge in [0.15, 0.2) is 0 Å². The highest BCUT2D eigenvalue weighted by Crippen LogP contribution is 2.05. The summed E-state index contributed by atoms with van der Waals surface area (Å²) in [5.41, 5.74) is 0. The topological polar surface area (TPSA) is 109 Å². The van der Waals surface area contributed by atoms with Gasteiger partial charge in [-0.3, -0.25) is 9.11 Å². The molecule has 1 aromatic carbocycles. The molecule has 0 amide bonds. The lowest BCUT2D eigenvalue weighted by molar-refractivity contribution is 0.480. The molecule has 1 rings (SSSR count). The molecule has 0 aliphatic rings. The fraction of sp³-hybridized carbons (Fsp3) is 0.333. The van der Waals surface area contributed by atoms with Gasteiger partial charge < -0.3 is 0 Å². The maximum absolute atomic E-state index is 10.4. The lowest BCUT2D eigenvalue weighted by Crippen LogP contribution is -2.01. The van der Waals surface area contributed by atoms with Crippen LogP contribution in [0, 0.1) is 0 Å². The van der Waals surface area contributed by atoms with Gasteiger partial charge in [0, 0.05) is 0 Å². The van der Waals surface area contributed by atoms with Crippen LogP contribution in [0.2, 0.25) is 0 Å². The van der Waals surface area contributed by atoms with Crippen LogP contribution in [-0.4, -0.2) is 31.7 Å². The van der Waals surface area contributed by atoms with E-state index in [1.54, 1.807) is 25.1 Å². The van der Waals surface area contributed by atoms with Gasteiger partial charge >= 0.3 is 0 Å². The fourth-order valence-corrected chi connectivity index (χ4v) is 1.87. The molecule has 0 radical (unpaired) electrons. The van der Waals surface area contributed by atoms with Crippen molar-refractivity contribution >= 4 is 20.2 Å². The molecule has 0 saturated carbocycles. The predicted octanol–water partition coefficient (Wildman–Crippen LogP) is 1.22. The van der Waals surface area contributed by atoms with Gasteiger partial charge in [0.2, 0.25) is 0 Å². The van der Waals surface area contributed by atoms with Crippen molar-refractivity contribution in [2.75, 3.05) is 5.75 Å². The molecular formula is C9H14O6S2. The van der Waals surface area contributed by atoms with Gasteiger partial charge in [-0.2, -0.15) is 16.8 Å². The second-order valence-electron chi connectivity index (χ2n) is 3.07. The summed E-state index contributed by atoms with van der Waals surface area (Å²) < 4.78 is 56.8. The first-order valence-corrected chi connectivity index (χ1v) is 7.69. The molecule has 0 saturated heterocycles. The molecular weight excluding hydrogens is 268 g/mol. The average molecular weight is 282 g/mol. The molecule has 0 heterocycles. The van der Waals surface area contributed by atoms with Crippen LogP contribution < -0.4 is 0 Å². The first-order valence-electron chi connectivity index (χ1n) is 4.64. The predicted molar refractivity (Wildman–Crippen MR) is 63.0 cm³/mol. The minimum atomic E-state index is -4.00. The largest absolute Gasteiger partial charge is 0.294 e. The van der Waals surface area contributed by atoms with Crippen LogP contribution in [0.4, 0.5) is 0 Å². The molecule has 0 spiro atoms. The third-order valence-corrected chi connectivity index (χ3v) is 3.30. The van der Waals surface area contributed by atoms with Gasteiger partial charge in [-0.25, -0.2) is 0 Å². The Labute approximate surface area is 101 Å². The molecule has 2 N–H and O–H groups in total. The summed E-state index contributed by atoms with van der Waals surface area (Å²) in [6.45, 7) is 1.69. The molecule has 6 nitrogen and oxygen atoms in total. The highest BCUT2D eigenvalue weighted by molar-refractivity contribution is 7.86. The highest BCUT2D eigenvalue weighted by atomic mass is 32.2. The minimum Gasteiger partial charge on any atom is -0.286 e. The summed E-state index contributed by atoms with van der Waals surface area (Å²) in [7, 11) is -7.68. The highest BCUT2D eigenvalue weighted by Gasteiger charge is 2.05. The molecule has 0 atom stereocenters. The Morgan fingerprint density at radius 1 is 1.00 bits per heavy atom. The third-order valence-electron chi connectivity index (χ3n) is 1.50. The first kappa shape index (κ1) is 16.0. The van der Waals surface area contributed by atoms with E-state index in [0.29, 0.717) is 6.42 Å². The molecule has 0 aromatic heterocycles. The third kappa shape index (κ3) is 8.81. The van der Waals surface area contributed by atoms with Crippen molar-refractivity contribution in [2.24, 2.45) is 0 Å². The maximum Gasteiger partial charge on any atom is 0.294 e. The van der Waals surface area contributed by atoms with Gasteiger partial charge in [-0.15, -0.1) is 0 Å². The maximum atomic E-state index is 10.4. The molecule has 98 valence electrons. The van der Waals surface area contributed by atoms with E-state index in [1.807, 2.05) is 0 Å². The summed E-state index contributed by atoms with van der Waals surface area (Å²) in [5, 5.41) is 0. The Morgan fingerprint density at radius 2 is 1.47 bits per heavy atom. The SMILES string of the molecule is CCCS(=O)(=O)O.O=S(=O)(O)c1ccccc1. The van der Waals surface area contributed by atoms with Crippen LogP contribution in [0.5, 0.6) is 0 Å². The Balaban J connectivity index is 0.000000325. The molecule has 0 aliphatic carbocycles. The van der Waals surface area contributed by atoms with E-state index in [0.717, 1.165) is 0 Å². The van der Waals surface area contributed by atoms with Crippen molar-refractivity contribution in [3.8, 4) is 0 Å². The van der Waals surface area contributed by atoms with Crippen LogP contribution in [0.1, 0.15) is 13.3 Å². The quantitative estimate of drug-likeness (QED) is 0.807. The van der Waals surface area contributed by atoms with Crippen LogP contribution in [0.25, 0.3) is 0 Å². The van der Waals surface area contributed by atoms with Crippen molar-refractivity contribution in [1.29, 1.82) is 0 Å². The van der Waals surface area contributed by atoms with Crippen molar-refractivity contribution in [2.45, 2.75) is 18.2 Å². The van der Waals surface area contributed by atoms with E-state index in [1.165, 1.54) is 12.1 Å². The zero-order valence-electron chi connectivity index (χ0n) is 9.14.